The molecule has 3 N–H and O–H groups in total. The van der Waals surface area contributed by atoms with Crippen molar-refractivity contribution in [3.63, 3.8) is 0 Å². The topological polar surface area (TPSA) is 72.5 Å². The summed E-state index contributed by atoms with van der Waals surface area (Å²) >= 11 is 12.1. The summed E-state index contributed by atoms with van der Waals surface area (Å²) in [6, 6.07) is 3.22. The Morgan fingerprint density at radius 1 is 1.45 bits per heavy atom. The van der Waals surface area contributed by atoms with Gasteiger partial charge in [-0.1, -0.05) is 23.2 Å². The van der Waals surface area contributed by atoms with Gasteiger partial charge in [-0.25, -0.2) is 0 Å². The first-order valence-electron chi connectivity index (χ1n) is 6.23. The Balaban J connectivity index is 3.01. The van der Waals surface area contributed by atoms with E-state index in [0.717, 1.165) is 5.56 Å². The maximum absolute atomic E-state index is 11.1. The third-order valence-corrected chi connectivity index (χ3v) is 3.28. The van der Waals surface area contributed by atoms with Crippen LogP contribution in [0.2, 0.25) is 10.0 Å². The van der Waals surface area contributed by atoms with Crippen LogP contribution in [-0.4, -0.2) is 23.7 Å². The maximum atomic E-state index is 11.1. The molecule has 0 saturated heterocycles. The summed E-state index contributed by atoms with van der Waals surface area (Å²) in [5.41, 5.74) is 5.56. The summed E-state index contributed by atoms with van der Waals surface area (Å²) in [5, 5.41) is 9.95. The molecule has 0 aliphatic rings. The first-order valence-corrected chi connectivity index (χ1v) is 6.99. The second kappa shape index (κ2) is 6.66. The number of hydrogen-bond acceptors (Lipinski definition) is 3. The standard InChI is InChI=1S/C14H19Cl2NO3/c1-8(17)4-9-5-10(15)6-11(16)12(9)20-7-14(2,3)13(18)19/h5-6,8H,4,7,17H2,1-3H3,(H,18,19). The molecule has 112 valence electrons. The van der Waals surface area contributed by atoms with Gasteiger partial charge in [0, 0.05) is 11.1 Å². The second-order valence-corrected chi connectivity index (χ2v) is 6.38. The van der Waals surface area contributed by atoms with Gasteiger partial charge in [-0.2, -0.15) is 0 Å². The number of hydrogen-bond donors (Lipinski definition) is 2. The van der Waals surface area contributed by atoms with Crippen LogP contribution < -0.4 is 10.5 Å². The largest absolute Gasteiger partial charge is 0.491 e. The summed E-state index contributed by atoms with van der Waals surface area (Å²) in [6.45, 7) is 5.05. The van der Waals surface area contributed by atoms with Gasteiger partial charge in [0.2, 0.25) is 0 Å². The Hall–Kier alpha value is -0.970. The van der Waals surface area contributed by atoms with Crippen molar-refractivity contribution in [3.05, 3.63) is 27.7 Å². The molecule has 6 heteroatoms. The van der Waals surface area contributed by atoms with Crippen molar-refractivity contribution in [3.8, 4) is 5.75 Å². The average Bonchev–Trinajstić information content (AvgIpc) is 2.26. The van der Waals surface area contributed by atoms with Crippen molar-refractivity contribution in [1.82, 2.24) is 0 Å². The summed E-state index contributed by atoms with van der Waals surface area (Å²) in [4.78, 5) is 11.1. The molecule has 0 heterocycles. The molecule has 0 amide bonds. The maximum Gasteiger partial charge on any atom is 0.312 e. The summed E-state index contributed by atoms with van der Waals surface area (Å²) < 4.78 is 5.62. The number of carbonyl (C=O) groups is 1. The van der Waals surface area contributed by atoms with Gasteiger partial charge in [-0.3, -0.25) is 4.79 Å². The van der Waals surface area contributed by atoms with Gasteiger partial charge in [0.25, 0.3) is 0 Å². The molecule has 1 rings (SSSR count). The van der Waals surface area contributed by atoms with E-state index in [0.29, 0.717) is 22.2 Å². The lowest BCUT2D eigenvalue weighted by atomic mass is 9.95. The summed E-state index contributed by atoms with van der Waals surface area (Å²) in [7, 11) is 0. The third-order valence-electron chi connectivity index (χ3n) is 2.78. The Bertz CT molecular complexity index is 501. The molecular formula is C14H19Cl2NO3. The number of carboxylic acid groups (broad SMARTS) is 1. The van der Waals surface area contributed by atoms with Gasteiger partial charge < -0.3 is 15.6 Å². The fourth-order valence-corrected chi connectivity index (χ4v) is 2.18. The van der Waals surface area contributed by atoms with Crippen molar-refractivity contribution < 1.29 is 14.6 Å². The predicted molar refractivity (Wildman–Crippen MR) is 80.7 cm³/mol. The minimum absolute atomic E-state index is 0.00956. The van der Waals surface area contributed by atoms with Crippen LogP contribution in [0.3, 0.4) is 0 Å². The van der Waals surface area contributed by atoms with E-state index in [4.69, 9.17) is 38.8 Å². The number of ether oxygens (including phenoxy) is 1. The summed E-state index contributed by atoms with van der Waals surface area (Å²) in [5.74, 6) is -0.487. The zero-order valence-electron chi connectivity index (χ0n) is 11.7. The molecule has 1 atom stereocenters. The SMILES string of the molecule is CC(N)Cc1cc(Cl)cc(Cl)c1OCC(C)(C)C(=O)O. The molecular weight excluding hydrogens is 301 g/mol. The van der Waals surface area contributed by atoms with Crippen LogP contribution >= 0.6 is 23.2 Å². The molecule has 4 nitrogen and oxygen atoms in total. The van der Waals surface area contributed by atoms with E-state index in [1.807, 2.05) is 6.92 Å². The normalized spacial score (nSPS) is 13.1. The zero-order chi connectivity index (χ0) is 15.5. The molecule has 1 aromatic carbocycles. The van der Waals surface area contributed by atoms with Crippen LogP contribution in [0.5, 0.6) is 5.75 Å². The van der Waals surface area contributed by atoms with Crippen molar-refractivity contribution in [2.45, 2.75) is 33.2 Å². The van der Waals surface area contributed by atoms with E-state index >= 15 is 0 Å². The Labute approximate surface area is 128 Å². The minimum Gasteiger partial charge on any atom is -0.491 e. The van der Waals surface area contributed by atoms with Gasteiger partial charge in [-0.05, 0) is 44.9 Å². The molecule has 0 aromatic heterocycles. The minimum atomic E-state index is -1.01. The smallest absolute Gasteiger partial charge is 0.312 e. The summed E-state index contributed by atoms with van der Waals surface area (Å²) in [6.07, 6.45) is 0.545. The number of carboxylic acids is 1. The molecule has 0 spiro atoms. The molecule has 0 radical (unpaired) electrons. The highest BCUT2D eigenvalue weighted by Crippen LogP contribution is 2.34. The highest BCUT2D eigenvalue weighted by Gasteiger charge is 2.29. The van der Waals surface area contributed by atoms with Gasteiger partial charge >= 0.3 is 5.97 Å². The first-order chi connectivity index (χ1) is 9.13. The Kier molecular flexibility index (Phi) is 5.68. The highest BCUT2D eigenvalue weighted by molar-refractivity contribution is 6.35. The van der Waals surface area contributed by atoms with E-state index in [2.05, 4.69) is 0 Å². The van der Waals surface area contributed by atoms with Crippen molar-refractivity contribution in [1.29, 1.82) is 0 Å². The molecule has 0 aliphatic carbocycles. The predicted octanol–water partition coefficient (Wildman–Crippen LogP) is 3.37. The van der Waals surface area contributed by atoms with Crippen LogP contribution in [-0.2, 0) is 11.2 Å². The molecule has 1 unspecified atom stereocenters. The Morgan fingerprint density at radius 2 is 2.05 bits per heavy atom. The molecule has 0 bridgehead atoms. The van der Waals surface area contributed by atoms with Gasteiger partial charge in [0.1, 0.15) is 12.4 Å². The first kappa shape index (κ1) is 17.1. The fourth-order valence-electron chi connectivity index (χ4n) is 1.59. The molecule has 0 saturated carbocycles. The third kappa shape index (κ3) is 4.54. The van der Waals surface area contributed by atoms with E-state index in [1.54, 1.807) is 26.0 Å². The second-order valence-electron chi connectivity index (χ2n) is 5.53. The lowest BCUT2D eigenvalue weighted by Gasteiger charge is -2.22. The number of nitrogens with two attached hydrogens (primary N) is 1. The molecule has 20 heavy (non-hydrogen) atoms. The van der Waals surface area contributed by atoms with Crippen LogP contribution in [0.15, 0.2) is 12.1 Å². The average molecular weight is 320 g/mol. The monoisotopic (exact) mass is 319 g/mol. The highest BCUT2D eigenvalue weighted by atomic mass is 35.5. The van der Waals surface area contributed by atoms with E-state index in [-0.39, 0.29) is 12.6 Å². The lowest BCUT2D eigenvalue weighted by molar-refractivity contribution is -0.148. The van der Waals surface area contributed by atoms with Crippen molar-refractivity contribution >= 4 is 29.2 Å². The lowest BCUT2D eigenvalue weighted by Crippen LogP contribution is -2.31. The van der Waals surface area contributed by atoms with Gasteiger partial charge in [0.15, 0.2) is 0 Å². The number of halogens is 2. The Morgan fingerprint density at radius 3 is 2.55 bits per heavy atom. The van der Waals surface area contributed by atoms with Crippen LogP contribution in [0.4, 0.5) is 0 Å². The molecule has 0 aliphatic heterocycles. The quantitative estimate of drug-likeness (QED) is 0.843. The fraction of sp³-hybridized carbons (Fsp3) is 0.500. The van der Waals surface area contributed by atoms with Crippen LogP contribution in [0, 0.1) is 5.41 Å². The molecule has 1 aromatic rings. The van der Waals surface area contributed by atoms with Gasteiger partial charge in [0.05, 0.1) is 10.4 Å². The van der Waals surface area contributed by atoms with E-state index < -0.39 is 11.4 Å². The van der Waals surface area contributed by atoms with E-state index in [9.17, 15) is 4.79 Å². The van der Waals surface area contributed by atoms with Crippen molar-refractivity contribution in [2.75, 3.05) is 6.61 Å². The van der Waals surface area contributed by atoms with E-state index in [1.165, 1.54) is 0 Å². The van der Waals surface area contributed by atoms with Crippen LogP contribution in [0.25, 0.3) is 0 Å². The van der Waals surface area contributed by atoms with Crippen molar-refractivity contribution in [2.24, 2.45) is 11.1 Å². The number of rotatable bonds is 6. The number of aliphatic carboxylic acids is 1. The zero-order valence-corrected chi connectivity index (χ0v) is 13.3. The van der Waals surface area contributed by atoms with Crippen LogP contribution in [0.1, 0.15) is 26.3 Å². The van der Waals surface area contributed by atoms with Gasteiger partial charge in [-0.15, -0.1) is 0 Å². The number of benzene rings is 1. The molecule has 0 fully saturated rings.